The molecule has 4 nitrogen and oxygen atoms in total. The van der Waals surface area contributed by atoms with Crippen molar-refractivity contribution in [3.63, 3.8) is 0 Å². The number of hydrogen-bond donors (Lipinski definition) is 1. The van der Waals surface area contributed by atoms with Crippen molar-refractivity contribution < 1.29 is 18.0 Å². The summed E-state index contributed by atoms with van der Waals surface area (Å²) in [5, 5.41) is 2.88. The fraction of sp³-hybridized carbons (Fsp3) is 0.100. The van der Waals surface area contributed by atoms with Crippen LogP contribution in [0, 0.1) is 0 Å². The molecule has 0 aliphatic carbocycles. The lowest BCUT2D eigenvalue weighted by molar-refractivity contribution is -0.137. The molecular formula is C20H16F3N3O. The lowest BCUT2D eigenvalue weighted by Gasteiger charge is -2.17. The van der Waals surface area contributed by atoms with Crippen molar-refractivity contribution in [2.24, 2.45) is 0 Å². The van der Waals surface area contributed by atoms with Crippen LogP contribution in [0.5, 0.6) is 0 Å². The molecule has 0 spiro atoms. The SMILES string of the molecule is CN(C(=O)c1cc(Nc2cccc(C(F)(F)F)c2)ccn1)c1ccccc1. The molecule has 1 aromatic heterocycles. The van der Waals surface area contributed by atoms with Crippen molar-refractivity contribution in [3.05, 3.63) is 84.2 Å². The largest absolute Gasteiger partial charge is 0.416 e. The highest BCUT2D eigenvalue weighted by molar-refractivity contribution is 6.04. The van der Waals surface area contributed by atoms with Crippen molar-refractivity contribution in [1.82, 2.24) is 4.98 Å². The quantitative estimate of drug-likeness (QED) is 0.692. The maximum absolute atomic E-state index is 12.8. The Bertz CT molecular complexity index is 942. The van der Waals surface area contributed by atoms with Gasteiger partial charge in [-0.05, 0) is 42.5 Å². The summed E-state index contributed by atoms with van der Waals surface area (Å²) in [4.78, 5) is 18.2. The second-order valence-corrected chi connectivity index (χ2v) is 5.83. The molecule has 0 atom stereocenters. The Morgan fingerprint density at radius 3 is 2.37 bits per heavy atom. The van der Waals surface area contributed by atoms with Gasteiger partial charge < -0.3 is 10.2 Å². The fourth-order valence-electron chi connectivity index (χ4n) is 2.51. The second kappa shape index (κ2) is 7.49. The van der Waals surface area contributed by atoms with Crippen LogP contribution in [-0.4, -0.2) is 17.9 Å². The van der Waals surface area contributed by atoms with Gasteiger partial charge in [0.25, 0.3) is 5.91 Å². The normalized spacial score (nSPS) is 11.1. The number of pyridine rings is 1. The molecule has 0 radical (unpaired) electrons. The highest BCUT2D eigenvalue weighted by Crippen LogP contribution is 2.31. The van der Waals surface area contributed by atoms with E-state index in [1.165, 1.54) is 29.3 Å². The number of nitrogens with zero attached hydrogens (tertiary/aromatic N) is 2. The molecule has 2 aromatic carbocycles. The summed E-state index contributed by atoms with van der Waals surface area (Å²) < 4.78 is 38.5. The average molecular weight is 371 g/mol. The number of carbonyl (C=O) groups is 1. The molecule has 7 heteroatoms. The number of benzene rings is 2. The van der Waals surface area contributed by atoms with Crippen LogP contribution in [0.2, 0.25) is 0 Å². The zero-order valence-electron chi connectivity index (χ0n) is 14.4. The van der Waals surface area contributed by atoms with Gasteiger partial charge in [0.05, 0.1) is 5.56 Å². The number of para-hydroxylation sites is 1. The first-order valence-corrected chi connectivity index (χ1v) is 8.08. The predicted molar refractivity (Wildman–Crippen MR) is 98.1 cm³/mol. The van der Waals surface area contributed by atoms with Crippen molar-refractivity contribution in [1.29, 1.82) is 0 Å². The zero-order valence-corrected chi connectivity index (χ0v) is 14.4. The number of halogens is 3. The lowest BCUT2D eigenvalue weighted by Crippen LogP contribution is -2.27. The van der Waals surface area contributed by atoms with Crippen molar-refractivity contribution in [2.75, 3.05) is 17.3 Å². The highest BCUT2D eigenvalue weighted by atomic mass is 19.4. The minimum absolute atomic E-state index is 0.179. The molecule has 3 aromatic rings. The van der Waals surface area contributed by atoms with Gasteiger partial charge in [0, 0.05) is 30.3 Å². The van der Waals surface area contributed by atoms with E-state index >= 15 is 0 Å². The zero-order chi connectivity index (χ0) is 19.4. The van der Waals surface area contributed by atoms with Gasteiger partial charge in [-0.15, -0.1) is 0 Å². The Kier molecular flexibility index (Phi) is 5.12. The topological polar surface area (TPSA) is 45.2 Å². The van der Waals surface area contributed by atoms with Crippen molar-refractivity contribution in [2.45, 2.75) is 6.18 Å². The van der Waals surface area contributed by atoms with Gasteiger partial charge in [0.1, 0.15) is 5.69 Å². The summed E-state index contributed by atoms with van der Waals surface area (Å²) in [6.45, 7) is 0. The van der Waals surface area contributed by atoms with Gasteiger partial charge in [-0.2, -0.15) is 13.2 Å². The average Bonchev–Trinajstić information content (AvgIpc) is 2.67. The summed E-state index contributed by atoms with van der Waals surface area (Å²) in [7, 11) is 1.63. The van der Waals surface area contributed by atoms with Crippen molar-refractivity contribution in [3.8, 4) is 0 Å². The predicted octanol–water partition coefficient (Wildman–Crippen LogP) is 5.12. The summed E-state index contributed by atoms with van der Waals surface area (Å²) in [5.41, 5.74) is 0.875. The first-order valence-electron chi connectivity index (χ1n) is 8.08. The van der Waals surface area contributed by atoms with E-state index in [0.717, 1.165) is 12.1 Å². The molecule has 0 saturated carbocycles. The standard InChI is InChI=1S/C20H16F3N3O/c1-26(17-8-3-2-4-9-17)19(27)18-13-16(10-11-24-18)25-15-7-5-6-14(12-15)20(21,22)23/h2-13H,1H3,(H,24,25). The van der Waals surface area contributed by atoms with E-state index in [9.17, 15) is 18.0 Å². The third-order valence-electron chi connectivity index (χ3n) is 3.91. The molecule has 1 amide bonds. The lowest BCUT2D eigenvalue weighted by atomic mass is 10.2. The van der Waals surface area contributed by atoms with Crippen LogP contribution in [0.15, 0.2) is 72.9 Å². The molecule has 0 bridgehead atoms. The maximum atomic E-state index is 12.8. The third kappa shape index (κ3) is 4.44. The minimum Gasteiger partial charge on any atom is -0.355 e. The van der Waals surface area contributed by atoms with Crippen LogP contribution in [0.25, 0.3) is 0 Å². The third-order valence-corrected chi connectivity index (χ3v) is 3.91. The first-order chi connectivity index (χ1) is 12.8. The van der Waals surface area contributed by atoms with Gasteiger partial charge in [-0.1, -0.05) is 24.3 Å². The highest BCUT2D eigenvalue weighted by Gasteiger charge is 2.30. The Balaban J connectivity index is 1.81. The van der Waals surface area contributed by atoms with Crippen LogP contribution in [0.1, 0.15) is 16.1 Å². The van der Waals surface area contributed by atoms with E-state index in [4.69, 9.17) is 0 Å². The number of carbonyl (C=O) groups excluding carboxylic acids is 1. The number of aromatic nitrogens is 1. The van der Waals surface area contributed by atoms with Gasteiger partial charge in [-0.3, -0.25) is 9.78 Å². The summed E-state index contributed by atoms with van der Waals surface area (Å²) >= 11 is 0. The number of hydrogen-bond acceptors (Lipinski definition) is 3. The van der Waals surface area contributed by atoms with Gasteiger partial charge in [0.2, 0.25) is 0 Å². The second-order valence-electron chi connectivity index (χ2n) is 5.83. The van der Waals surface area contributed by atoms with Gasteiger partial charge in [-0.25, -0.2) is 0 Å². The molecule has 0 aliphatic heterocycles. The molecular weight excluding hydrogens is 355 g/mol. The van der Waals surface area contributed by atoms with Gasteiger partial charge in [0.15, 0.2) is 0 Å². The minimum atomic E-state index is -4.42. The molecule has 0 fully saturated rings. The van der Waals surface area contributed by atoms with Crippen LogP contribution >= 0.6 is 0 Å². The molecule has 138 valence electrons. The molecule has 0 unspecified atom stereocenters. The van der Waals surface area contributed by atoms with Crippen LogP contribution < -0.4 is 10.2 Å². The Hall–Kier alpha value is -3.35. The first kappa shape index (κ1) is 18.4. The Labute approximate surface area is 154 Å². The van der Waals surface area contributed by atoms with Gasteiger partial charge >= 0.3 is 6.18 Å². The van der Waals surface area contributed by atoms with Crippen LogP contribution in [-0.2, 0) is 6.18 Å². The molecule has 3 rings (SSSR count). The van der Waals surface area contributed by atoms with E-state index in [1.54, 1.807) is 25.2 Å². The van der Waals surface area contributed by atoms with E-state index < -0.39 is 11.7 Å². The number of nitrogens with one attached hydrogen (secondary N) is 1. The number of amides is 1. The van der Waals surface area contributed by atoms with Crippen molar-refractivity contribution >= 4 is 23.0 Å². The Morgan fingerprint density at radius 1 is 0.963 bits per heavy atom. The fourth-order valence-corrected chi connectivity index (χ4v) is 2.51. The summed E-state index contributed by atoms with van der Waals surface area (Å²) in [6, 6.07) is 17.0. The molecule has 0 aliphatic rings. The summed E-state index contributed by atoms with van der Waals surface area (Å²) in [5.74, 6) is -0.325. The van der Waals surface area contributed by atoms with Crippen LogP contribution in [0.4, 0.5) is 30.2 Å². The van der Waals surface area contributed by atoms with Crippen LogP contribution in [0.3, 0.4) is 0 Å². The molecule has 1 heterocycles. The molecule has 0 saturated heterocycles. The van der Waals surface area contributed by atoms with E-state index in [-0.39, 0.29) is 17.3 Å². The monoisotopic (exact) mass is 371 g/mol. The molecule has 1 N–H and O–H groups in total. The summed E-state index contributed by atoms with van der Waals surface area (Å²) in [6.07, 6.45) is -2.99. The number of alkyl halides is 3. The Morgan fingerprint density at radius 2 is 1.67 bits per heavy atom. The number of rotatable bonds is 4. The smallest absolute Gasteiger partial charge is 0.355 e. The molecule has 27 heavy (non-hydrogen) atoms. The van der Waals surface area contributed by atoms with E-state index in [0.29, 0.717) is 11.4 Å². The van der Waals surface area contributed by atoms with E-state index in [1.807, 2.05) is 18.2 Å². The maximum Gasteiger partial charge on any atom is 0.416 e. The number of anilines is 3. The van der Waals surface area contributed by atoms with E-state index in [2.05, 4.69) is 10.3 Å².